The van der Waals surface area contributed by atoms with Crippen molar-refractivity contribution in [2.45, 2.75) is 25.3 Å². The summed E-state index contributed by atoms with van der Waals surface area (Å²) < 4.78 is 0. The fraction of sp³-hybridized carbons (Fsp3) is 0.636. The smallest absolute Gasteiger partial charge is 0.239 e. The Labute approximate surface area is 105 Å². The van der Waals surface area contributed by atoms with Gasteiger partial charge >= 0.3 is 0 Å². The van der Waals surface area contributed by atoms with Gasteiger partial charge in [-0.2, -0.15) is 0 Å². The number of nitrogens with one attached hydrogen (secondary N) is 3. The molecular formula is C11H17N3O4. The van der Waals surface area contributed by atoms with Crippen LogP contribution in [0, 0.1) is 5.92 Å². The number of piperidine rings is 1. The van der Waals surface area contributed by atoms with Crippen molar-refractivity contribution in [3.63, 3.8) is 0 Å². The molecule has 0 aromatic rings. The van der Waals surface area contributed by atoms with Crippen LogP contribution in [0.2, 0.25) is 0 Å². The first kappa shape index (κ1) is 14.1. The first-order valence-electron chi connectivity index (χ1n) is 5.86. The largest absolute Gasteiger partial charge is 0.356 e. The molecule has 1 aliphatic heterocycles. The molecule has 7 nitrogen and oxygen atoms in total. The molecule has 0 aromatic heterocycles. The van der Waals surface area contributed by atoms with Crippen molar-refractivity contribution >= 4 is 24.5 Å². The lowest BCUT2D eigenvalue weighted by atomic mass is 9.92. The molecule has 0 spiro atoms. The monoisotopic (exact) mass is 255 g/mol. The topological polar surface area (TPSA) is 104 Å². The molecule has 1 saturated heterocycles. The molecule has 3 N–H and O–H groups in total. The van der Waals surface area contributed by atoms with Crippen LogP contribution in [0.5, 0.6) is 0 Å². The van der Waals surface area contributed by atoms with E-state index in [1.807, 2.05) is 0 Å². The van der Waals surface area contributed by atoms with Crippen LogP contribution in [0.25, 0.3) is 0 Å². The highest BCUT2D eigenvalue weighted by atomic mass is 16.2. The average molecular weight is 255 g/mol. The maximum Gasteiger partial charge on any atom is 0.239 e. The molecule has 18 heavy (non-hydrogen) atoms. The number of aldehydes is 1. The van der Waals surface area contributed by atoms with Crippen LogP contribution < -0.4 is 16.0 Å². The van der Waals surface area contributed by atoms with Gasteiger partial charge in [-0.25, -0.2) is 0 Å². The van der Waals surface area contributed by atoms with Crippen molar-refractivity contribution in [2.75, 3.05) is 13.1 Å². The standard InChI is InChI=1S/C11H17N3O4/c15-6-9(14-10(17)5-12-7-16)4-8-2-1-3-13-11(8)18/h6-9H,1-5H2,(H,12,16)(H,13,18)(H,14,17)/t8-,9?/m0/s1. The van der Waals surface area contributed by atoms with Gasteiger partial charge in [0, 0.05) is 12.5 Å². The lowest BCUT2D eigenvalue weighted by Gasteiger charge is -2.24. The molecule has 0 radical (unpaired) electrons. The van der Waals surface area contributed by atoms with Crippen LogP contribution >= 0.6 is 0 Å². The minimum Gasteiger partial charge on any atom is -0.356 e. The summed E-state index contributed by atoms with van der Waals surface area (Å²) in [6, 6.07) is -0.695. The van der Waals surface area contributed by atoms with E-state index in [9.17, 15) is 19.2 Å². The van der Waals surface area contributed by atoms with Gasteiger partial charge in [-0.05, 0) is 19.3 Å². The molecule has 0 aromatic carbocycles. The van der Waals surface area contributed by atoms with Crippen LogP contribution in [0.3, 0.4) is 0 Å². The second-order valence-electron chi connectivity index (χ2n) is 4.17. The molecule has 1 heterocycles. The Morgan fingerprint density at radius 2 is 2.28 bits per heavy atom. The second kappa shape index (κ2) is 7.41. The Morgan fingerprint density at radius 3 is 2.89 bits per heavy atom. The van der Waals surface area contributed by atoms with Gasteiger partial charge in [0.05, 0.1) is 12.6 Å². The molecule has 1 unspecified atom stereocenters. The summed E-state index contributed by atoms with van der Waals surface area (Å²) in [5.41, 5.74) is 0. The summed E-state index contributed by atoms with van der Waals surface area (Å²) in [6.07, 6.45) is 2.91. The van der Waals surface area contributed by atoms with Gasteiger partial charge in [0.2, 0.25) is 18.2 Å². The molecule has 0 bridgehead atoms. The third-order valence-corrected chi connectivity index (χ3v) is 2.79. The Morgan fingerprint density at radius 1 is 1.50 bits per heavy atom. The molecule has 1 aliphatic rings. The molecule has 0 aliphatic carbocycles. The third kappa shape index (κ3) is 4.52. The SMILES string of the molecule is O=CNCC(=O)NC(C=O)C[C@@H]1CCCNC1=O. The fourth-order valence-corrected chi connectivity index (χ4v) is 1.91. The third-order valence-electron chi connectivity index (χ3n) is 2.79. The van der Waals surface area contributed by atoms with Crippen molar-refractivity contribution in [3.05, 3.63) is 0 Å². The van der Waals surface area contributed by atoms with Gasteiger partial charge in [-0.1, -0.05) is 0 Å². The summed E-state index contributed by atoms with van der Waals surface area (Å²) in [6.45, 7) is 0.488. The molecule has 3 amide bonds. The van der Waals surface area contributed by atoms with E-state index >= 15 is 0 Å². The minimum atomic E-state index is -0.695. The molecule has 2 atom stereocenters. The van der Waals surface area contributed by atoms with E-state index in [-0.39, 0.29) is 18.4 Å². The zero-order chi connectivity index (χ0) is 13.4. The molecular weight excluding hydrogens is 238 g/mol. The van der Waals surface area contributed by atoms with Gasteiger partial charge in [0.25, 0.3) is 0 Å². The normalized spacial score (nSPS) is 20.4. The minimum absolute atomic E-state index is 0.0756. The quantitative estimate of drug-likeness (QED) is 0.473. The van der Waals surface area contributed by atoms with Crippen molar-refractivity contribution in [3.8, 4) is 0 Å². The highest BCUT2D eigenvalue weighted by Crippen LogP contribution is 2.16. The Kier molecular flexibility index (Phi) is 5.83. The van der Waals surface area contributed by atoms with Gasteiger partial charge in [-0.3, -0.25) is 14.4 Å². The Bertz CT molecular complexity index is 332. The Hall–Kier alpha value is -1.92. The summed E-state index contributed by atoms with van der Waals surface area (Å²) in [5, 5.41) is 7.39. The van der Waals surface area contributed by atoms with Crippen molar-refractivity contribution in [1.29, 1.82) is 0 Å². The number of carbonyl (C=O) groups is 4. The van der Waals surface area contributed by atoms with Crippen LogP contribution in [-0.2, 0) is 19.2 Å². The highest BCUT2D eigenvalue weighted by Gasteiger charge is 2.25. The number of hydrogen-bond donors (Lipinski definition) is 3. The van der Waals surface area contributed by atoms with E-state index in [2.05, 4.69) is 16.0 Å². The van der Waals surface area contributed by atoms with Gasteiger partial charge in [0.15, 0.2) is 0 Å². The summed E-state index contributed by atoms with van der Waals surface area (Å²) in [7, 11) is 0. The molecule has 7 heteroatoms. The first-order chi connectivity index (χ1) is 8.67. The van der Waals surface area contributed by atoms with Crippen molar-refractivity contribution in [1.82, 2.24) is 16.0 Å². The second-order valence-corrected chi connectivity index (χ2v) is 4.17. The van der Waals surface area contributed by atoms with E-state index in [0.717, 1.165) is 12.8 Å². The van der Waals surface area contributed by atoms with Gasteiger partial charge in [0.1, 0.15) is 6.29 Å². The predicted molar refractivity (Wildman–Crippen MR) is 62.4 cm³/mol. The van der Waals surface area contributed by atoms with E-state index < -0.39 is 11.9 Å². The number of rotatable bonds is 7. The van der Waals surface area contributed by atoms with Gasteiger partial charge in [-0.15, -0.1) is 0 Å². The fourth-order valence-electron chi connectivity index (χ4n) is 1.91. The average Bonchev–Trinajstić information content (AvgIpc) is 2.38. The van der Waals surface area contributed by atoms with Gasteiger partial charge < -0.3 is 20.7 Å². The predicted octanol–water partition coefficient (Wildman–Crippen LogP) is -1.67. The van der Waals surface area contributed by atoms with Crippen molar-refractivity contribution < 1.29 is 19.2 Å². The summed E-state index contributed by atoms with van der Waals surface area (Å²) in [4.78, 5) is 43.7. The summed E-state index contributed by atoms with van der Waals surface area (Å²) >= 11 is 0. The molecule has 1 rings (SSSR count). The van der Waals surface area contributed by atoms with Crippen LogP contribution in [0.1, 0.15) is 19.3 Å². The molecule has 0 saturated carbocycles. The Balaban J connectivity index is 2.40. The number of hydrogen-bond acceptors (Lipinski definition) is 4. The highest BCUT2D eigenvalue weighted by molar-refractivity contribution is 5.83. The maximum atomic E-state index is 11.5. The van der Waals surface area contributed by atoms with E-state index in [0.29, 0.717) is 25.7 Å². The molecule has 1 fully saturated rings. The maximum absolute atomic E-state index is 11.5. The van der Waals surface area contributed by atoms with Crippen LogP contribution in [-0.4, -0.2) is 43.6 Å². The van der Waals surface area contributed by atoms with Crippen molar-refractivity contribution in [2.24, 2.45) is 5.92 Å². The van der Waals surface area contributed by atoms with E-state index in [1.54, 1.807) is 0 Å². The zero-order valence-corrected chi connectivity index (χ0v) is 9.98. The van der Waals surface area contributed by atoms with Crippen LogP contribution in [0.15, 0.2) is 0 Å². The van der Waals surface area contributed by atoms with Crippen LogP contribution in [0.4, 0.5) is 0 Å². The number of carbonyl (C=O) groups excluding carboxylic acids is 4. The lowest BCUT2D eigenvalue weighted by Crippen LogP contribution is -2.45. The first-order valence-corrected chi connectivity index (χ1v) is 5.86. The van der Waals surface area contributed by atoms with E-state index in [4.69, 9.17) is 0 Å². The molecule has 100 valence electrons. The van der Waals surface area contributed by atoms with E-state index in [1.165, 1.54) is 0 Å². The number of amides is 3. The zero-order valence-electron chi connectivity index (χ0n) is 9.98. The lowest BCUT2D eigenvalue weighted by molar-refractivity contribution is -0.128. The summed E-state index contributed by atoms with van der Waals surface area (Å²) in [5.74, 6) is -0.767.